The predicted molar refractivity (Wildman–Crippen MR) is 60.6 cm³/mol. The highest BCUT2D eigenvalue weighted by molar-refractivity contribution is 5.95. The maximum absolute atomic E-state index is 11.6. The van der Waals surface area contributed by atoms with Gasteiger partial charge >= 0.3 is 6.09 Å². The summed E-state index contributed by atoms with van der Waals surface area (Å²) in [4.78, 5) is 22.5. The summed E-state index contributed by atoms with van der Waals surface area (Å²) >= 11 is 0. The van der Waals surface area contributed by atoms with Gasteiger partial charge in [0.05, 0.1) is 13.7 Å². The number of benzene rings is 1. The molecular formula is C11H14N2O4. The fourth-order valence-corrected chi connectivity index (χ4v) is 1.11. The molecule has 0 unspecified atom stereocenters. The van der Waals surface area contributed by atoms with E-state index in [-0.39, 0.29) is 6.61 Å². The molecule has 2 amide bonds. The number of hydrazine groups is 1. The molecule has 0 bridgehead atoms. The molecule has 0 radical (unpaired) electrons. The van der Waals surface area contributed by atoms with Crippen LogP contribution in [0.1, 0.15) is 17.3 Å². The van der Waals surface area contributed by atoms with Gasteiger partial charge in [-0.1, -0.05) is 6.07 Å². The number of carbonyl (C=O) groups is 2. The highest BCUT2D eigenvalue weighted by atomic mass is 16.6. The van der Waals surface area contributed by atoms with E-state index < -0.39 is 12.0 Å². The smallest absolute Gasteiger partial charge is 0.426 e. The molecule has 0 heterocycles. The Kier molecular flexibility index (Phi) is 4.80. The van der Waals surface area contributed by atoms with E-state index in [2.05, 4.69) is 15.6 Å². The van der Waals surface area contributed by atoms with E-state index in [1.807, 2.05) is 0 Å². The normalized spacial score (nSPS) is 9.29. The number of nitrogens with one attached hydrogen (secondary N) is 2. The standard InChI is InChI=1S/C11H14N2O4/c1-3-17-11(15)13-12-10(14)8-5-4-6-9(7-8)16-2/h4-7H,3H2,1-2H3,(H,12,14)(H,13,15). The van der Waals surface area contributed by atoms with Crippen LogP contribution in [0.4, 0.5) is 4.79 Å². The molecule has 1 aromatic carbocycles. The molecule has 0 saturated carbocycles. The fraction of sp³-hybridized carbons (Fsp3) is 0.273. The van der Waals surface area contributed by atoms with Crippen LogP contribution in [0.15, 0.2) is 24.3 Å². The van der Waals surface area contributed by atoms with Crippen molar-refractivity contribution in [3.63, 3.8) is 0 Å². The average Bonchev–Trinajstić information content (AvgIpc) is 2.36. The van der Waals surface area contributed by atoms with Crippen LogP contribution in [0.3, 0.4) is 0 Å². The van der Waals surface area contributed by atoms with E-state index in [0.717, 1.165) is 0 Å². The Morgan fingerprint density at radius 1 is 1.29 bits per heavy atom. The maximum atomic E-state index is 11.6. The lowest BCUT2D eigenvalue weighted by Crippen LogP contribution is -2.41. The summed E-state index contributed by atoms with van der Waals surface area (Å²) in [6.07, 6.45) is -0.705. The molecule has 0 aliphatic rings. The number of rotatable bonds is 3. The SMILES string of the molecule is CCOC(=O)NNC(=O)c1cccc(OC)c1. The molecule has 0 saturated heterocycles. The zero-order valence-corrected chi connectivity index (χ0v) is 9.65. The number of carbonyl (C=O) groups excluding carboxylic acids is 2. The first-order valence-corrected chi connectivity index (χ1v) is 5.04. The second-order valence-corrected chi connectivity index (χ2v) is 3.03. The van der Waals surface area contributed by atoms with E-state index in [4.69, 9.17) is 4.74 Å². The molecule has 0 aliphatic carbocycles. The first kappa shape index (κ1) is 12.8. The summed E-state index contributed by atoms with van der Waals surface area (Å²) in [5.74, 6) is 0.116. The van der Waals surface area contributed by atoms with Gasteiger partial charge in [-0.15, -0.1) is 0 Å². The van der Waals surface area contributed by atoms with Crippen molar-refractivity contribution in [3.05, 3.63) is 29.8 Å². The summed E-state index contributed by atoms with van der Waals surface area (Å²) in [5, 5.41) is 0. The summed E-state index contributed by atoms with van der Waals surface area (Å²) < 4.78 is 9.56. The first-order valence-electron chi connectivity index (χ1n) is 5.04. The van der Waals surface area contributed by atoms with Gasteiger partial charge in [0.2, 0.25) is 0 Å². The molecule has 0 atom stereocenters. The molecule has 2 N–H and O–H groups in total. The van der Waals surface area contributed by atoms with Crippen molar-refractivity contribution in [2.45, 2.75) is 6.92 Å². The maximum Gasteiger partial charge on any atom is 0.426 e. The molecule has 17 heavy (non-hydrogen) atoms. The molecule has 1 rings (SSSR count). The lowest BCUT2D eigenvalue weighted by atomic mass is 10.2. The highest BCUT2D eigenvalue weighted by Crippen LogP contribution is 2.11. The van der Waals surface area contributed by atoms with Gasteiger partial charge in [0, 0.05) is 5.56 Å². The van der Waals surface area contributed by atoms with Crippen LogP contribution < -0.4 is 15.6 Å². The number of hydrogen-bond acceptors (Lipinski definition) is 4. The molecular weight excluding hydrogens is 224 g/mol. The number of amides is 2. The quantitative estimate of drug-likeness (QED) is 0.773. The Morgan fingerprint density at radius 2 is 2.06 bits per heavy atom. The van der Waals surface area contributed by atoms with Gasteiger partial charge in [0.15, 0.2) is 0 Å². The van der Waals surface area contributed by atoms with Crippen molar-refractivity contribution in [3.8, 4) is 5.75 Å². The highest BCUT2D eigenvalue weighted by Gasteiger charge is 2.07. The van der Waals surface area contributed by atoms with Gasteiger partial charge in [-0.3, -0.25) is 10.2 Å². The minimum absolute atomic E-state index is 0.237. The van der Waals surface area contributed by atoms with Crippen LogP contribution >= 0.6 is 0 Å². The van der Waals surface area contributed by atoms with Crippen LogP contribution in [-0.2, 0) is 4.74 Å². The summed E-state index contributed by atoms with van der Waals surface area (Å²) in [6, 6.07) is 6.56. The Morgan fingerprint density at radius 3 is 2.71 bits per heavy atom. The minimum atomic E-state index is -0.705. The molecule has 6 nitrogen and oxygen atoms in total. The minimum Gasteiger partial charge on any atom is -0.497 e. The van der Waals surface area contributed by atoms with Crippen molar-refractivity contribution in [2.75, 3.05) is 13.7 Å². The zero-order chi connectivity index (χ0) is 12.7. The third-order valence-corrected chi connectivity index (χ3v) is 1.89. The third-order valence-electron chi connectivity index (χ3n) is 1.89. The lowest BCUT2D eigenvalue weighted by molar-refractivity contribution is 0.0912. The molecule has 0 fully saturated rings. The van der Waals surface area contributed by atoms with Gasteiger partial charge in [-0.2, -0.15) is 0 Å². The van der Waals surface area contributed by atoms with Crippen LogP contribution in [0, 0.1) is 0 Å². The topological polar surface area (TPSA) is 76.7 Å². The average molecular weight is 238 g/mol. The van der Waals surface area contributed by atoms with Gasteiger partial charge in [-0.25, -0.2) is 10.2 Å². The van der Waals surface area contributed by atoms with Crippen LogP contribution in [0.2, 0.25) is 0 Å². The Balaban J connectivity index is 2.54. The summed E-state index contributed by atoms with van der Waals surface area (Å²) in [5.41, 5.74) is 4.71. The molecule has 0 aromatic heterocycles. The largest absolute Gasteiger partial charge is 0.497 e. The van der Waals surface area contributed by atoms with Crippen LogP contribution in [0.25, 0.3) is 0 Å². The van der Waals surface area contributed by atoms with Crippen molar-refractivity contribution in [2.24, 2.45) is 0 Å². The summed E-state index contributed by atoms with van der Waals surface area (Å²) in [6.45, 7) is 1.91. The predicted octanol–water partition coefficient (Wildman–Crippen LogP) is 1.09. The molecule has 1 aromatic rings. The van der Waals surface area contributed by atoms with E-state index in [1.54, 1.807) is 31.2 Å². The fourth-order valence-electron chi connectivity index (χ4n) is 1.11. The molecule has 6 heteroatoms. The Labute approximate surface area is 98.9 Å². The van der Waals surface area contributed by atoms with Crippen molar-refractivity contribution in [1.29, 1.82) is 0 Å². The van der Waals surface area contributed by atoms with E-state index >= 15 is 0 Å². The van der Waals surface area contributed by atoms with Crippen LogP contribution in [0.5, 0.6) is 5.75 Å². The molecule has 92 valence electrons. The van der Waals surface area contributed by atoms with E-state index in [9.17, 15) is 9.59 Å². The number of hydrogen-bond donors (Lipinski definition) is 2. The van der Waals surface area contributed by atoms with Crippen molar-refractivity contribution in [1.82, 2.24) is 10.9 Å². The number of methoxy groups -OCH3 is 1. The van der Waals surface area contributed by atoms with Gasteiger partial charge in [0.1, 0.15) is 5.75 Å². The van der Waals surface area contributed by atoms with Crippen LogP contribution in [-0.4, -0.2) is 25.7 Å². The molecule has 0 spiro atoms. The molecule has 0 aliphatic heterocycles. The van der Waals surface area contributed by atoms with E-state index in [0.29, 0.717) is 11.3 Å². The first-order chi connectivity index (χ1) is 8.17. The Hall–Kier alpha value is -2.24. The second kappa shape index (κ2) is 6.37. The van der Waals surface area contributed by atoms with Crippen molar-refractivity contribution < 1.29 is 19.1 Å². The second-order valence-electron chi connectivity index (χ2n) is 3.03. The third kappa shape index (κ3) is 4.02. The van der Waals surface area contributed by atoms with Crippen molar-refractivity contribution >= 4 is 12.0 Å². The van der Waals surface area contributed by atoms with Gasteiger partial charge in [0.25, 0.3) is 5.91 Å². The van der Waals surface area contributed by atoms with Gasteiger partial charge in [-0.05, 0) is 25.1 Å². The van der Waals surface area contributed by atoms with Gasteiger partial charge < -0.3 is 9.47 Å². The monoisotopic (exact) mass is 238 g/mol. The zero-order valence-electron chi connectivity index (χ0n) is 9.65. The Bertz CT molecular complexity index is 406. The number of ether oxygens (including phenoxy) is 2. The lowest BCUT2D eigenvalue weighted by Gasteiger charge is -2.07. The van der Waals surface area contributed by atoms with E-state index in [1.165, 1.54) is 7.11 Å². The summed E-state index contributed by atoms with van der Waals surface area (Å²) in [7, 11) is 1.51.